The Kier molecular flexibility index (Phi) is 8.78. The fraction of sp³-hybridized carbons (Fsp3) is 0.417. The summed E-state index contributed by atoms with van der Waals surface area (Å²) in [6, 6.07) is 8.48. The molecule has 31 heavy (non-hydrogen) atoms. The molecule has 1 aliphatic rings. The molecule has 2 N–H and O–H groups in total. The second-order valence-corrected chi connectivity index (χ2v) is 10.7. The highest BCUT2D eigenvalue weighted by molar-refractivity contribution is 8.01. The lowest BCUT2D eigenvalue weighted by atomic mass is 9.85. The topological polar surface area (TPSA) is 70.4 Å². The third-order valence-corrected chi connectivity index (χ3v) is 8.25. The van der Waals surface area contributed by atoms with Crippen LogP contribution in [0.2, 0.25) is 0 Å². The van der Waals surface area contributed by atoms with Crippen molar-refractivity contribution in [3.63, 3.8) is 0 Å². The number of nitrogens with zero attached hydrogens (tertiary/aromatic N) is 1. The number of alkyl halides is 1. The molecule has 1 fully saturated rings. The highest BCUT2D eigenvalue weighted by Gasteiger charge is 2.41. The van der Waals surface area contributed by atoms with Crippen LogP contribution in [-0.4, -0.2) is 38.4 Å². The van der Waals surface area contributed by atoms with Gasteiger partial charge in [-0.2, -0.15) is 0 Å². The van der Waals surface area contributed by atoms with E-state index >= 15 is 0 Å². The van der Waals surface area contributed by atoms with Gasteiger partial charge < -0.3 is 10.2 Å². The van der Waals surface area contributed by atoms with Gasteiger partial charge in [-0.3, -0.25) is 0 Å². The number of carboxylic acids is 1. The maximum absolute atomic E-state index is 11.0. The van der Waals surface area contributed by atoms with E-state index in [1.807, 2.05) is 6.08 Å². The molecule has 1 aliphatic carbocycles. The lowest BCUT2D eigenvalue weighted by Crippen LogP contribution is -2.22. The van der Waals surface area contributed by atoms with E-state index in [9.17, 15) is 9.90 Å². The second kappa shape index (κ2) is 11.3. The fourth-order valence-electron chi connectivity index (χ4n) is 4.23. The van der Waals surface area contributed by atoms with E-state index in [2.05, 4.69) is 48.8 Å². The maximum Gasteiger partial charge on any atom is 0.355 e. The molecule has 1 heterocycles. The van der Waals surface area contributed by atoms with E-state index in [0.717, 1.165) is 40.5 Å². The molecule has 0 amide bonds. The van der Waals surface area contributed by atoms with Gasteiger partial charge in [0.15, 0.2) is 10.0 Å². The standard InChI is InChI=1S/C24H28ClNO3S2/c1-3-4-6-16-7-5-8-17(12-16)11-15(2)22-18(19(25)13-21(22)27)9-10-30-24-26-20(14-31-24)23(28)29/h3,5,7-8,11-12,14,18-19,21-22,27H,1,4,6,9-10,13H2,2H3,(H,28,29)/b15-11-/t18-,19+,21+,22+/m0/s1. The van der Waals surface area contributed by atoms with Crippen molar-refractivity contribution in [3.8, 4) is 0 Å². The molecule has 0 radical (unpaired) electrons. The summed E-state index contributed by atoms with van der Waals surface area (Å²) in [5, 5.41) is 21.2. The largest absolute Gasteiger partial charge is 0.476 e. The van der Waals surface area contributed by atoms with Crippen LogP contribution < -0.4 is 0 Å². The van der Waals surface area contributed by atoms with Gasteiger partial charge in [0, 0.05) is 22.4 Å². The number of aliphatic hydroxyl groups excluding tert-OH is 1. The molecule has 4 nitrogen and oxygen atoms in total. The molecule has 4 atom stereocenters. The smallest absolute Gasteiger partial charge is 0.355 e. The Morgan fingerprint density at radius 3 is 2.97 bits per heavy atom. The predicted octanol–water partition coefficient (Wildman–Crippen LogP) is 6.15. The minimum absolute atomic E-state index is 0.0193. The minimum atomic E-state index is -1.00. The van der Waals surface area contributed by atoms with Crippen molar-refractivity contribution in [1.82, 2.24) is 4.98 Å². The number of aliphatic hydroxyl groups is 1. The molecular formula is C24H28ClNO3S2. The minimum Gasteiger partial charge on any atom is -0.476 e. The fourth-order valence-corrected chi connectivity index (χ4v) is 6.61. The summed E-state index contributed by atoms with van der Waals surface area (Å²) in [5.41, 5.74) is 3.65. The molecule has 0 unspecified atom stereocenters. The molecule has 0 spiro atoms. The van der Waals surface area contributed by atoms with Gasteiger partial charge in [0.1, 0.15) is 0 Å². The second-order valence-electron chi connectivity index (χ2n) is 7.91. The number of rotatable bonds is 10. The van der Waals surface area contributed by atoms with E-state index in [-0.39, 0.29) is 22.9 Å². The first-order valence-corrected chi connectivity index (χ1v) is 12.7. The number of allylic oxidation sites excluding steroid dienone is 1. The first-order valence-electron chi connectivity index (χ1n) is 10.4. The zero-order valence-corrected chi connectivity index (χ0v) is 19.9. The van der Waals surface area contributed by atoms with Gasteiger partial charge in [-0.1, -0.05) is 53.8 Å². The lowest BCUT2D eigenvalue weighted by Gasteiger charge is -2.24. The van der Waals surface area contributed by atoms with Crippen molar-refractivity contribution in [2.45, 2.75) is 48.4 Å². The average Bonchev–Trinajstić information content (AvgIpc) is 3.31. The molecule has 0 bridgehead atoms. The van der Waals surface area contributed by atoms with Crippen LogP contribution in [0.25, 0.3) is 6.08 Å². The number of halogens is 1. The van der Waals surface area contributed by atoms with E-state index in [0.29, 0.717) is 6.42 Å². The molecule has 7 heteroatoms. The van der Waals surface area contributed by atoms with Crippen LogP contribution in [-0.2, 0) is 6.42 Å². The Morgan fingerprint density at radius 1 is 1.45 bits per heavy atom. The van der Waals surface area contributed by atoms with Crippen LogP contribution >= 0.6 is 34.7 Å². The van der Waals surface area contributed by atoms with Crippen LogP contribution in [0.4, 0.5) is 0 Å². The SMILES string of the molecule is C=CCCc1cccc(/C=C(/C)[C@@H]2[C@@H](CCSc3nc(C(=O)O)cs3)[C@H](Cl)C[C@H]2O)c1. The summed E-state index contributed by atoms with van der Waals surface area (Å²) in [4.78, 5) is 15.1. The molecule has 0 saturated heterocycles. The Hall–Kier alpha value is -1.60. The molecule has 1 aromatic heterocycles. The van der Waals surface area contributed by atoms with Crippen LogP contribution in [0, 0.1) is 11.8 Å². The number of aromatic carboxylic acids is 1. The summed E-state index contributed by atoms with van der Waals surface area (Å²) < 4.78 is 0.752. The zero-order valence-electron chi connectivity index (χ0n) is 17.5. The molecule has 2 aromatic rings. The summed E-state index contributed by atoms with van der Waals surface area (Å²) in [6.07, 6.45) is 7.00. The number of thioether (sulfide) groups is 1. The molecule has 3 rings (SSSR count). The summed E-state index contributed by atoms with van der Waals surface area (Å²) in [6.45, 7) is 5.87. The number of benzene rings is 1. The van der Waals surface area contributed by atoms with E-state index in [4.69, 9.17) is 16.7 Å². The number of carboxylic acid groups (broad SMARTS) is 1. The van der Waals surface area contributed by atoms with Crippen molar-refractivity contribution in [3.05, 3.63) is 64.7 Å². The third kappa shape index (κ3) is 6.45. The van der Waals surface area contributed by atoms with Gasteiger partial charge >= 0.3 is 5.97 Å². The number of aryl methyl sites for hydroxylation is 1. The van der Waals surface area contributed by atoms with Crippen LogP contribution in [0.1, 0.15) is 47.8 Å². The van der Waals surface area contributed by atoms with Crippen LogP contribution in [0.15, 0.2) is 52.2 Å². The summed E-state index contributed by atoms with van der Waals surface area (Å²) >= 11 is 9.53. The number of thiazole rings is 1. The first kappa shape index (κ1) is 24.1. The van der Waals surface area contributed by atoms with Crippen LogP contribution in [0.3, 0.4) is 0 Å². The lowest BCUT2D eigenvalue weighted by molar-refractivity contribution is 0.0690. The van der Waals surface area contributed by atoms with E-state index in [1.54, 1.807) is 17.1 Å². The van der Waals surface area contributed by atoms with Gasteiger partial charge in [-0.05, 0) is 49.7 Å². The number of aromatic nitrogens is 1. The summed E-state index contributed by atoms with van der Waals surface area (Å²) in [7, 11) is 0. The molecular weight excluding hydrogens is 450 g/mol. The van der Waals surface area contributed by atoms with Crippen molar-refractivity contribution >= 4 is 46.7 Å². The third-order valence-electron chi connectivity index (χ3n) is 5.69. The van der Waals surface area contributed by atoms with Crippen molar-refractivity contribution in [2.75, 3.05) is 5.75 Å². The molecule has 0 aliphatic heterocycles. The van der Waals surface area contributed by atoms with Crippen molar-refractivity contribution < 1.29 is 15.0 Å². The van der Waals surface area contributed by atoms with Gasteiger partial charge in [0.2, 0.25) is 0 Å². The maximum atomic E-state index is 11.0. The Labute approximate surface area is 197 Å². The Balaban J connectivity index is 1.66. The molecule has 166 valence electrons. The van der Waals surface area contributed by atoms with Gasteiger partial charge in [-0.25, -0.2) is 9.78 Å². The van der Waals surface area contributed by atoms with Crippen LogP contribution in [0.5, 0.6) is 0 Å². The molecule has 1 aromatic carbocycles. The van der Waals surface area contributed by atoms with Gasteiger partial charge in [0.05, 0.1) is 6.10 Å². The quantitative estimate of drug-likeness (QED) is 0.244. The normalized spacial score (nSPS) is 23.8. The highest BCUT2D eigenvalue weighted by atomic mass is 35.5. The number of carbonyl (C=O) groups is 1. The predicted molar refractivity (Wildman–Crippen MR) is 130 cm³/mol. The Morgan fingerprint density at radius 2 is 2.26 bits per heavy atom. The van der Waals surface area contributed by atoms with Gasteiger partial charge in [-0.15, -0.1) is 29.5 Å². The Bertz CT molecular complexity index is 942. The van der Waals surface area contributed by atoms with Crippen molar-refractivity contribution in [2.24, 2.45) is 11.8 Å². The monoisotopic (exact) mass is 477 g/mol. The van der Waals surface area contributed by atoms with Gasteiger partial charge in [0.25, 0.3) is 0 Å². The number of hydrogen-bond acceptors (Lipinski definition) is 5. The van der Waals surface area contributed by atoms with E-state index in [1.165, 1.54) is 16.9 Å². The highest BCUT2D eigenvalue weighted by Crippen LogP contribution is 2.43. The van der Waals surface area contributed by atoms with Crippen molar-refractivity contribution in [1.29, 1.82) is 0 Å². The number of hydrogen-bond donors (Lipinski definition) is 2. The summed E-state index contributed by atoms with van der Waals surface area (Å²) in [5.74, 6) is -0.0279. The molecule has 1 saturated carbocycles. The first-order chi connectivity index (χ1) is 14.9. The zero-order chi connectivity index (χ0) is 22.4. The van der Waals surface area contributed by atoms with E-state index < -0.39 is 12.1 Å². The average molecular weight is 478 g/mol.